The van der Waals surface area contributed by atoms with Crippen LogP contribution in [0.1, 0.15) is 23.4 Å². The third-order valence-electron chi connectivity index (χ3n) is 3.78. The minimum absolute atomic E-state index is 0.304. The third kappa shape index (κ3) is 2.00. The average Bonchev–Trinajstić information content (AvgIpc) is 2.96. The Morgan fingerprint density at radius 3 is 3.05 bits per heavy atom. The summed E-state index contributed by atoms with van der Waals surface area (Å²) in [6, 6.07) is 2.52. The molecular formula is C14H18N4OS. The van der Waals surface area contributed by atoms with Gasteiger partial charge in [0.05, 0.1) is 13.2 Å². The lowest BCUT2D eigenvalue weighted by atomic mass is 10.0. The van der Waals surface area contributed by atoms with E-state index in [-0.39, 0.29) is 0 Å². The van der Waals surface area contributed by atoms with Crippen molar-refractivity contribution in [3.63, 3.8) is 0 Å². The van der Waals surface area contributed by atoms with Crippen LogP contribution in [0.15, 0.2) is 17.8 Å². The first-order chi connectivity index (χ1) is 9.76. The van der Waals surface area contributed by atoms with E-state index in [1.807, 2.05) is 18.4 Å². The molecule has 0 aliphatic carbocycles. The van der Waals surface area contributed by atoms with E-state index in [0.717, 1.165) is 24.6 Å². The number of methoxy groups -OCH3 is 1. The van der Waals surface area contributed by atoms with Crippen LogP contribution in [-0.2, 0) is 6.42 Å². The van der Waals surface area contributed by atoms with Gasteiger partial charge in [-0.05, 0) is 30.4 Å². The fourth-order valence-electron chi connectivity index (χ4n) is 2.73. The van der Waals surface area contributed by atoms with Crippen molar-refractivity contribution in [3.8, 4) is 5.75 Å². The maximum Gasteiger partial charge on any atom is 0.204 e. The molecule has 0 saturated carbocycles. The molecule has 1 atom stereocenters. The Kier molecular flexibility index (Phi) is 3.48. The van der Waals surface area contributed by atoms with Gasteiger partial charge < -0.3 is 15.0 Å². The maximum absolute atomic E-state index is 5.51. The Balaban J connectivity index is 2.02. The Morgan fingerprint density at radius 2 is 2.30 bits per heavy atom. The fourth-order valence-corrected chi connectivity index (χ4v) is 3.70. The highest BCUT2D eigenvalue weighted by molar-refractivity contribution is 7.10. The molecule has 0 radical (unpaired) electrons. The molecule has 2 aromatic heterocycles. The van der Waals surface area contributed by atoms with Crippen LogP contribution in [0.25, 0.3) is 0 Å². The van der Waals surface area contributed by atoms with Crippen molar-refractivity contribution < 1.29 is 4.74 Å². The Labute approximate surface area is 122 Å². The van der Waals surface area contributed by atoms with Crippen LogP contribution in [0.3, 0.4) is 0 Å². The summed E-state index contributed by atoms with van der Waals surface area (Å²) in [7, 11) is 3.50. The van der Waals surface area contributed by atoms with E-state index in [0.29, 0.717) is 11.8 Å². The first kappa shape index (κ1) is 13.2. The monoisotopic (exact) mass is 290 g/mol. The van der Waals surface area contributed by atoms with Crippen LogP contribution in [0.2, 0.25) is 0 Å². The van der Waals surface area contributed by atoms with E-state index in [1.54, 1.807) is 13.4 Å². The highest BCUT2D eigenvalue weighted by atomic mass is 32.1. The standard InChI is InChI=1S/C14H18N4OS/c1-9-10-5-7-20-11(10)4-6-18(9)14-12(19-3)13(15-2)16-8-17-14/h5,7-9H,4,6H2,1-3H3,(H,15,16,17). The lowest BCUT2D eigenvalue weighted by Gasteiger charge is -2.35. The molecule has 20 heavy (non-hydrogen) atoms. The molecule has 6 heteroatoms. The summed E-state index contributed by atoms with van der Waals surface area (Å²) in [5, 5.41) is 5.22. The van der Waals surface area contributed by atoms with E-state index < -0.39 is 0 Å². The first-order valence-corrected chi connectivity index (χ1v) is 7.54. The lowest BCUT2D eigenvalue weighted by Crippen LogP contribution is -2.34. The molecule has 3 heterocycles. The number of thiophene rings is 1. The number of rotatable bonds is 3. The number of fused-ring (bicyclic) bond motifs is 1. The molecule has 1 unspecified atom stereocenters. The van der Waals surface area contributed by atoms with Gasteiger partial charge in [-0.2, -0.15) is 0 Å². The van der Waals surface area contributed by atoms with Gasteiger partial charge in [0, 0.05) is 18.5 Å². The van der Waals surface area contributed by atoms with Crippen molar-refractivity contribution >= 4 is 23.0 Å². The van der Waals surface area contributed by atoms with E-state index in [1.165, 1.54) is 10.4 Å². The Bertz CT molecular complexity index is 613. The highest BCUT2D eigenvalue weighted by Gasteiger charge is 2.28. The second-order valence-electron chi connectivity index (χ2n) is 4.75. The summed E-state index contributed by atoms with van der Waals surface area (Å²) in [5.41, 5.74) is 1.40. The second kappa shape index (κ2) is 5.28. The maximum atomic E-state index is 5.51. The van der Waals surface area contributed by atoms with Gasteiger partial charge in [-0.3, -0.25) is 0 Å². The van der Waals surface area contributed by atoms with Crippen molar-refractivity contribution in [3.05, 3.63) is 28.2 Å². The topological polar surface area (TPSA) is 50.3 Å². The summed E-state index contributed by atoms with van der Waals surface area (Å²) >= 11 is 1.84. The van der Waals surface area contributed by atoms with Gasteiger partial charge in [-0.25, -0.2) is 9.97 Å². The SMILES string of the molecule is CNc1ncnc(N2CCc3sccc3C2C)c1OC. The molecule has 1 aliphatic rings. The van der Waals surface area contributed by atoms with Crippen molar-refractivity contribution in [2.45, 2.75) is 19.4 Å². The number of aromatic nitrogens is 2. The highest BCUT2D eigenvalue weighted by Crippen LogP contribution is 2.40. The quantitative estimate of drug-likeness (QED) is 0.942. The van der Waals surface area contributed by atoms with Crippen LogP contribution in [0.5, 0.6) is 5.75 Å². The van der Waals surface area contributed by atoms with E-state index in [9.17, 15) is 0 Å². The normalized spacial score (nSPS) is 17.8. The van der Waals surface area contributed by atoms with E-state index >= 15 is 0 Å². The number of anilines is 2. The van der Waals surface area contributed by atoms with Gasteiger partial charge in [0.2, 0.25) is 5.75 Å². The predicted octanol–water partition coefficient (Wildman–Crippen LogP) is 2.71. The van der Waals surface area contributed by atoms with Crippen molar-refractivity contribution in [1.82, 2.24) is 9.97 Å². The lowest BCUT2D eigenvalue weighted by molar-refractivity contribution is 0.410. The van der Waals surface area contributed by atoms with Gasteiger partial charge in [0.1, 0.15) is 6.33 Å². The van der Waals surface area contributed by atoms with Gasteiger partial charge in [-0.1, -0.05) is 0 Å². The molecule has 0 fully saturated rings. The largest absolute Gasteiger partial charge is 0.490 e. The van der Waals surface area contributed by atoms with Crippen molar-refractivity contribution in [2.24, 2.45) is 0 Å². The van der Waals surface area contributed by atoms with Gasteiger partial charge in [0.25, 0.3) is 0 Å². The molecular weight excluding hydrogens is 272 g/mol. The summed E-state index contributed by atoms with van der Waals surface area (Å²) in [5.74, 6) is 2.29. The zero-order valence-electron chi connectivity index (χ0n) is 11.9. The van der Waals surface area contributed by atoms with E-state index in [2.05, 4.69) is 38.6 Å². The molecule has 0 bridgehead atoms. The van der Waals surface area contributed by atoms with Crippen LogP contribution in [0.4, 0.5) is 11.6 Å². The molecule has 0 aromatic carbocycles. The number of ether oxygens (including phenoxy) is 1. The molecule has 5 nitrogen and oxygen atoms in total. The van der Waals surface area contributed by atoms with Crippen LogP contribution in [0, 0.1) is 0 Å². The summed E-state index contributed by atoms with van der Waals surface area (Å²) in [6.45, 7) is 3.16. The van der Waals surface area contributed by atoms with Gasteiger partial charge in [-0.15, -0.1) is 11.3 Å². The summed E-state index contributed by atoms with van der Waals surface area (Å²) in [6.07, 6.45) is 2.64. The molecule has 0 spiro atoms. The fraction of sp³-hybridized carbons (Fsp3) is 0.429. The number of hydrogen-bond acceptors (Lipinski definition) is 6. The molecule has 3 rings (SSSR count). The molecule has 1 aliphatic heterocycles. The second-order valence-corrected chi connectivity index (χ2v) is 5.75. The van der Waals surface area contributed by atoms with Crippen LogP contribution >= 0.6 is 11.3 Å². The summed E-state index contributed by atoms with van der Waals surface area (Å²) in [4.78, 5) is 12.4. The zero-order valence-corrected chi connectivity index (χ0v) is 12.7. The minimum Gasteiger partial charge on any atom is -0.490 e. The summed E-state index contributed by atoms with van der Waals surface area (Å²) < 4.78 is 5.51. The van der Waals surface area contributed by atoms with E-state index in [4.69, 9.17) is 4.74 Å². The number of hydrogen-bond donors (Lipinski definition) is 1. The third-order valence-corrected chi connectivity index (χ3v) is 4.77. The smallest absolute Gasteiger partial charge is 0.204 e. The molecule has 0 saturated heterocycles. The van der Waals surface area contributed by atoms with Crippen molar-refractivity contribution in [1.29, 1.82) is 0 Å². The Hall–Kier alpha value is -1.82. The predicted molar refractivity (Wildman–Crippen MR) is 81.9 cm³/mol. The Morgan fingerprint density at radius 1 is 1.45 bits per heavy atom. The number of nitrogens with zero attached hydrogens (tertiary/aromatic N) is 3. The average molecular weight is 290 g/mol. The minimum atomic E-state index is 0.304. The molecule has 2 aromatic rings. The van der Waals surface area contributed by atoms with Crippen LogP contribution in [-0.4, -0.2) is 30.7 Å². The zero-order chi connectivity index (χ0) is 14.1. The van der Waals surface area contributed by atoms with Crippen LogP contribution < -0.4 is 15.0 Å². The first-order valence-electron chi connectivity index (χ1n) is 6.66. The molecule has 1 N–H and O–H groups in total. The number of nitrogens with one attached hydrogen (secondary N) is 1. The van der Waals surface area contributed by atoms with Gasteiger partial charge in [0.15, 0.2) is 11.6 Å². The van der Waals surface area contributed by atoms with Gasteiger partial charge >= 0.3 is 0 Å². The molecule has 106 valence electrons. The van der Waals surface area contributed by atoms with Crippen molar-refractivity contribution in [2.75, 3.05) is 30.9 Å². The molecule has 0 amide bonds.